The molecule has 0 radical (unpaired) electrons. The van der Waals surface area contributed by atoms with E-state index >= 15 is 0 Å². The molecular weight excluding hydrogens is 352 g/mol. The molecule has 1 amide bonds. The van der Waals surface area contributed by atoms with E-state index in [9.17, 15) is 4.79 Å². The molecule has 146 valence electrons. The van der Waals surface area contributed by atoms with Crippen LogP contribution in [0.1, 0.15) is 29.5 Å². The summed E-state index contributed by atoms with van der Waals surface area (Å²) >= 11 is 0. The van der Waals surface area contributed by atoms with Crippen molar-refractivity contribution in [3.8, 4) is 5.75 Å². The third kappa shape index (κ3) is 4.20. The third-order valence-electron chi connectivity index (χ3n) is 5.40. The van der Waals surface area contributed by atoms with Crippen LogP contribution in [0.4, 0.5) is 0 Å². The highest BCUT2D eigenvalue weighted by Gasteiger charge is 2.15. The zero-order valence-electron chi connectivity index (χ0n) is 16.2. The van der Waals surface area contributed by atoms with Gasteiger partial charge >= 0.3 is 0 Å². The summed E-state index contributed by atoms with van der Waals surface area (Å²) in [5, 5.41) is 4.02. The van der Waals surface area contributed by atoms with Crippen LogP contribution in [-0.4, -0.2) is 31.0 Å². The molecule has 0 spiro atoms. The fraction of sp³-hybridized carbons (Fsp3) is 0.348. The quantitative estimate of drug-likeness (QED) is 0.678. The zero-order valence-corrected chi connectivity index (χ0v) is 16.2. The lowest BCUT2D eigenvalue weighted by molar-refractivity contribution is -0.120. The van der Waals surface area contributed by atoms with E-state index in [0.717, 1.165) is 28.8 Å². The van der Waals surface area contributed by atoms with Crippen molar-refractivity contribution >= 4 is 16.9 Å². The number of methoxy groups -OCH3 is 1. The molecule has 2 aromatic carbocycles. The first-order valence-electron chi connectivity index (χ1n) is 9.83. The van der Waals surface area contributed by atoms with Crippen LogP contribution in [0, 0.1) is 0 Å². The summed E-state index contributed by atoms with van der Waals surface area (Å²) in [5.74, 6) is 0.738. The molecule has 1 aromatic heterocycles. The Labute approximate surface area is 165 Å². The molecule has 1 aliphatic heterocycles. The van der Waals surface area contributed by atoms with Gasteiger partial charge in [-0.05, 0) is 49.2 Å². The van der Waals surface area contributed by atoms with E-state index in [1.54, 1.807) is 13.4 Å². The number of carbonyl (C=O) groups is 1. The smallest absolute Gasteiger partial charge is 0.224 e. The van der Waals surface area contributed by atoms with Gasteiger partial charge < -0.3 is 14.5 Å². The number of carbonyl (C=O) groups excluding carboxylic acids is 1. The first-order chi connectivity index (χ1) is 13.7. The molecule has 2 heterocycles. The van der Waals surface area contributed by atoms with E-state index in [1.807, 2.05) is 24.3 Å². The van der Waals surface area contributed by atoms with Crippen molar-refractivity contribution in [3.05, 3.63) is 65.4 Å². The lowest BCUT2D eigenvalue weighted by Gasteiger charge is -2.17. The average Bonchev–Trinajstić information content (AvgIpc) is 3.37. The van der Waals surface area contributed by atoms with Gasteiger partial charge in [-0.25, -0.2) is 0 Å². The number of amides is 1. The Hall–Kier alpha value is -2.79. The SMILES string of the molecule is COc1ccc2c(CC(=O)NCc3ccccc3CN3CCCC3)coc2c1. The van der Waals surface area contributed by atoms with Gasteiger partial charge in [0.25, 0.3) is 0 Å². The van der Waals surface area contributed by atoms with E-state index in [0.29, 0.717) is 13.0 Å². The molecule has 0 atom stereocenters. The summed E-state index contributed by atoms with van der Waals surface area (Å²) in [5.41, 5.74) is 4.11. The van der Waals surface area contributed by atoms with E-state index in [2.05, 4.69) is 28.4 Å². The summed E-state index contributed by atoms with van der Waals surface area (Å²) in [7, 11) is 1.63. The molecule has 0 bridgehead atoms. The predicted molar refractivity (Wildman–Crippen MR) is 109 cm³/mol. The molecule has 0 saturated carbocycles. The summed E-state index contributed by atoms with van der Waals surface area (Å²) in [6.45, 7) is 3.84. The molecule has 1 fully saturated rings. The minimum Gasteiger partial charge on any atom is -0.497 e. The largest absolute Gasteiger partial charge is 0.497 e. The van der Waals surface area contributed by atoms with Crippen LogP contribution in [0.25, 0.3) is 11.0 Å². The Balaban J connectivity index is 1.38. The first kappa shape index (κ1) is 18.6. The fourth-order valence-electron chi connectivity index (χ4n) is 3.82. The lowest BCUT2D eigenvalue weighted by atomic mass is 10.1. The van der Waals surface area contributed by atoms with Crippen LogP contribution in [0.15, 0.2) is 53.1 Å². The number of hydrogen-bond acceptors (Lipinski definition) is 4. The Bertz CT molecular complexity index is 957. The molecule has 1 saturated heterocycles. The molecule has 5 nitrogen and oxygen atoms in total. The van der Waals surface area contributed by atoms with Crippen LogP contribution in [-0.2, 0) is 24.3 Å². The van der Waals surface area contributed by atoms with E-state index in [1.165, 1.54) is 37.1 Å². The number of hydrogen-bond donors (Lipinski definition) is 1. The van der Waals surface area contributed by atoms with Crippen molar-refractivity contribution in [2.75, 3.05) is 20.2 Å². The number of benzene rings is 2. The van der Waals surface area contributed by atoms with Crippen LogP contribution in [0.5, 0.6) is 5.75 Å². The highest BCUT2D eigenvalue weighted by Crippen LogP contribution is 2.26. The van der Waals surface area contributed by atoms with Gasteiger partial charge in [0.2, 0.25) is 5.91 Å². The molecular formula is C23H26N2O3. The molecule has 5 heteroatoms. The standard InChI is InChI=1S/C23H26N2O3/c1-27-20-8-9-21-19(16-28-22(21)13-20)12-23(26)24-14-17-6-2-3-7-18(17)15-25-10-4-5-11-25/h2-3,6-9,13,16H,4-5,10-12,14-15H2,1H3,(H,24,26). The first-order valence-corrected chi connectivity index (χ1v) is 9.83. The maximum atomic E-state index is 12.5. The molecule has 1 aliphatic rings. The summed E-state index contributed by atoms with van der Waals surface area (Å²) < 4.78 is 10.8. The van der Waals surface area contributed by atoms with Crippen molar-refractivity contribution < 1.29 is 13.9 Å². The average molecular weight is 378 g/mol. The second-order valence-corrected chi connectivity index (χ2v) is 7.33. The number of ether oxygens (including phenoxy) is 1. The normalized spacial score (nSPS) is 14.5. The van der Waals surface area contributed by atoms with Crippen molar-refractivity contribution in [3.63, 3.8) is 0 Å². The summed E-state index contributed by atoms with van der Waals surface area (Å²) in [6.07, 6.45) is 4.52. The Morgan fingerprint density at radius 1 is 1.11 bits per heavy atom. The van der Waals surface area contributed by atoms with Gasteiger partial charge in [-0.1, -0.05) is 24.3 Å². The molecule has 0 aliphatic carbocycles. The van der Waals surface area contributed by atoms with Crippen LogP contribution in [0.2, 0.25) is 0 Å². The van der Waals surface area contributed by atoms with Crippen LogP contribution in [0.3, 0.4) is 0 Å². The molecule has 0 unspecified atom stereocenters. The molecule has 4 rings (SSSR count). The zero-order chi connectivity index (χ0) is 19.3. The second kappa shape index (κ2) is 8.48. The Morgan fingerprint density at radius 2 is 1.89 bits per heavy atom. The summed E-state index contributed by atoms with van der Waals surface area (Å²) in [6, 6.07) is 14.0. The fourth-order valence-corrected chi connectivity index (χ4v) is 3.82. The van der Waals surface area contributed by atoms with Crippen LogP contribution >= 0.6 is 0 Å². The predicted octanol–water partition coefficient (Wildman–Crippen LogP) is 3.90. The van der Waals surface area contributed by atoms with Gasteiger partial charge in [0.15, 0.2) is 0 Å². The van der Waals surface area contributed by atoms with Crippen LogP contribution < -0.4 is 10.1 Å². The minimum absolute atomic E-state index is 0.00510. The minimum atomic E-state index is -0.00510. The van der Waals surface area contributed by atoms with Gasteiger partial charge in [0.05, 0.1) is 19.8 Å². The monoisotopic (exact) mass is 378 g/mol. The third-order valence-corrected chi connectivity index (χ3v) is 5.40. The molecule has 28 heavy (non-hydrogen) atoms. The second-order valence-electron chi connectivity index (χ2n) is 7.33. The Kier molecular flexibility index (Phi) is 5.63. The lowest BCUT2D eigenvalue weighted by Crippen LogP contribution is -2.26. The maximum absolute atomic E-state index is 12.5. The van der Waals surface area contributed by atoms with E-state index in [4.69, 9.17) is 9.15 Å². The number of likely N-dealkylation sites (tertiary alicyclic amines) is 1. The van der Waals surface area contributed by atoms with Gasteiger partial charge in [0.1, 0.15) is 11.3 Å². The summed E-state index contributed by atoms with van der Waals surface area (Å²) in [4.78, 5) is 15.0. The van der Waals surface area contributed by atoms with Gasteiger partial charge in [-0.15, -0.1) is 0 Å². The molecule has 3 aromatic rings. The van der Waals surface area contributed by atoms with Crippen molar-refractivity contribution in [1.29, 1.82) is 0 Å². The number of nitrogens with zero attached hydrogens (tertiary/aromatic N) is 1. The van der Waals surface area contributed by atoms with Crippen molar-refractivity contribution in [2.24, 2.45) is 0 Å². The number of rotatable bonds is 7. The topological polar surface area (TPSA) is 54.7 Å². The van der Waals surface area contributed by atoms with Crippen molar-refractivity contribution in [2.45, 2.75) is 32.4 Å². The van der Waals surface area contributed by atoms with E-state index in [-0.39, 0.29) is 5.91 Å². The van der Waals surface area contributed by atoms with Gasteiger partial charge in [-0.3, -0.25) is 9.69 Å². The van der Waals surface area contributed by atoms with Gasteiger partial charge in [0, 0.05) is 30.1 Å². The number of furan rings is 1. The number of nitrogens with one attached hydrogen (secondary N) is 1. The van der Waals surface area contributed by atoms with Crippen molar-refractivity contribution in [1.82, 2.24) is 10.2 Å². The van der Waals surface area contributed by atoms with E-state index < -0.39 is 0 Å². The highest BCUT2D eigenvalue weighted by atomic mass is 16.5. The van der Waals surface area contributed by atoms with Gasteiger partial charge in [-0.2, -0.15) is 0 Å². The maximum Gasteiger partial charge on any atom is 0.224 e. The molecule has 1 N–H and O–H groups in total. The highest BCUT2D eigenvalue weighted by molar-refractivity contribution is 5.88. The number of fused-ring (bicyclic) bond motifs is 1. The Morgan fingerprint density at radius 3 is 2.68 bits per heavy atom.